The number of benzene rings is 1. The van der Waals surface area contributed by atoms with Crippen LogP contribution in [-0.4, -0.2) is 29.3 Å². The quantitative estimate of drug-likeness (QED) is 0.721. The Hall–Kier alpha value is -2.16. The summed E-state index contributed by atoms with van der Waals surface area (Å²) in [4.78, 5) is 16.7. The minimum Gasteiger partial charge on any atom is -0.444 e. The molecule has 0 spiro atoms. The summed E-state index contributed by atoms with van der Waals surface area (Å²) in [6.45, 7) is 12.1. The molecule has 1 heterocycles. The van der Waals surface area contributed by atoms with Crippen molar-refractivity contribution in [2.45, 2.75) is 45.0 Å². The van der Waals surface area contributed by atoms with Crippen LogP contribution in [0.4, 0.5) is 19.3 Å². The van der Waals surface area contributed by atoms with Gasteiger partial charge in [0.05, 0.1) is 19.2 Å². The van der Waals surface area contributed by atoms with Crippen LogP contribution in [-0.2, 0) is 4.74 Å². The number of halogens is 2. The van der Waals surface area contributed by atoms with E-state index in [1.54, 1.807) is 20.8 Å². The third kappa shape index (κ3) is 3.73. The average Bonchev–Trinajstić information content (AvgIpc) is 2.78. The summed E-state index contributed by atoms with van der Waals surface area (Å²) >= 11 is 0. The first kappa shape index (κ1) is 16.2. The third-order valence-corrected chi connectivity index (χ3v) is 3.30. The lowest BCUT2D eigenvalue weighted by molar-refractivity contribution is 0.0216. The Morgan fingerprint density at radius 3 is 2.68 bits per heavy atom. The molecule has 1 aromatic rings. The maximum absolute atomic E-state index is 13.8. The van der Waals surface area contributed by atoms with Crippen molar-refractivity contribution < 1.29 is 18.3 Å². The highest BCUT2D eigenvalue weighted by atomic mass is 19.1. The SMILES string of the molecule is [C-]#[N+]c1cc(F)cc([C@H]2C[C@H](F)CN2C(=O)OC(C)(C)C)c1. The number of likely N-dealkylation sites (tertiary alicyclic amines) is 1. The molecule has 1 fully saturated rings. The van der Waals surface area contributed by atoms with E-state index < -0.39 is 29.7 Å². The van der Waals surface area contributed by atoms with Crippen LogP contribution in [0.25, 0.3) is 4.85 Å². The van der Waals surface area contributed by atoms with Crippen molar-refractivity contribution in [2.24, 2.45) is 0 Å². The summed E-state index contributed by atoms with van der Waals surface area (Å²) < 4.78 is 32.6. The first-order valence-electron chi connectivity index (χ1n) is 7.01. The fourth-order valence-electron chi connectivity index (χ4n) is 2.48. The molecule has 1 aromatic carbocycles. The van der Waals surface area contributed by atoms with Gasteiger partial charge in [-0.1, -0.05) is 6.07 Å². The van der Waals surface area contributed by atoms with Gasteiger partial charge in [0.1, 0.15) is 17.6 Å². The van der Waals surface area contributed by atoms with Crippen LogP contribution < -0.4 is 0 Å². The monoisotopic (exact) mass is 308 g/mol. The molecule has 1 aliphatic heterocycles. The van der Waals surface area contributed by atoms with E-state index in [0.29, 0.717) is 5.56 Å². The number of ether oxygens (including phenoxy) is 1. The molecule has 6 heteroatoms. The number of hydrogen-bond acceptors (Lipinski definition) is 2. The fraction of sp³-hybridized carbons (Fsp3) is 0.500. The van der Waals surface area contributed by atoms with Crippen LogP contribution >= 0.6 is 0 Å². The second kappa shape index (κ2) is 5.91. The molecule has 1 aliphatic rings. The lowest BCUT2D eigenvalue weighted by Crippen LogP contribution is -2.37. The van der Waals surface area contributed by atoms with Gasteiger partial charge in [-0.3, -0.25) is 4.90 Å². The zero-order chi connectivity index (χ0) is 16.5. The second-order valence-corrected chi connectivity index (χ2v) is 6.34. The molecule has 0 saturated carbocycles. The van der Waals surface area contributed by atoms with Crippen molar-refractivity contribution >= 4 is 11.8 Å². The Balaban J connectivity index is 2.30. The first-order chi connectivity index (χ1) is 10.2. The van der Waals surface area contributed by atoms with Gasteiger partial charge >= 0.3 is 6.09 Å². The van der Waals surface area contributed by atoms with E-state index in [0.717, 1.165) is 6.07 Å². The molecule has 1 amide bonds. The molecule has 22 heavy (non-hydrogen) atoms. The van der Waals surface area contributed by atoms with Crippen LogP contribution in [0.2, 0.25) is 0 Å². The topological polar surface area (TPSA) is 33.9 Å². The normalized spacial score (nSPS) is 21.5. The molecule has 118 valence electrons. The number of rotatable bonds is 1. The van der Waals surface area contributed by atoms with Gasteiger partial charge in [-0.05, 0) is 38.5 Å². The molecule has 0 unspecified atom stereocenters. The number of carbonyl (C=O) groups is 1. The van der Waals surface area contributed by atoms with E-state index in [9.17, 15) is 13.6 Å². The summed E-state index contributed by atoms with van der Waals surface area (Å²) in [5, 5.41) is 0. The van der Waals surface area contributed by atoms with E-state index in [1.165, 1.54) is 17.0 Å². The zero-order valence-corrected chi connectivity index (χ0v) is 12.8. The lowest BCUT2D eigenvalue weighted by atomic mass is 10.0. The van der Waals surface area contributed by atoms with Gasteiger partial charge in [-0.15, -0.1) is 0 Å². The molecule has 2 rings (SSSR count). The van der Waals surface area contributed by atoms with E-state index in [1.807, 2.05) is 0 Å². The highest BCUT2D eigenvalue weighted by Gasteiger charge is 2.38. The first-order valence-corrected chi connectivity index (χ1v) is 7.01. The maximum Gasteiger partial charge on any atom is 0.410 e. The minimum atomic E-state index is -1.20. The smallest absolute Gasteiger partial charge is 0.410 e. The maximum atomic E-state index is 13.8. The number of alkyl halides is 1. The minimum absolute atomic E-state index is 0.0696. The van der Waals surface area contributed by atoms with E-state index in [4.69, 9.17) is 11.3 Å². The van der Waals surface area contributed by atoms with Gasteiger partial charge < -0.3 is 4.74 Å². The summed E-state index contributed by atoms with van der Waals surface area (Å²) in [7, 11) is 0. The molecule has 0 bridgehead atoms. The Kier molecular flexibility index (Phi) is 4.36. The molecule has 0 N–H and O–H groups in total. The highest BCUT2D eigenvalue weighted by molar-refractivity contribution is 5.69. The molecular formula is C16H18F2N2O2. The molecular weight excluding hydrogens is 290 g/mol. The highest BCUT2D eigenvalue weighted by Crippen LogP contribution is 2.36. The van der Waals surface area contributed by atoms with Crippen molar-refractivity contribution in [3.8, 4) is 0 Å². The van der Waals surface area contributed by atoms with Crippen LogP contribution in [0.5, 0.6) is 0 Å². The second-order valence-electron chi connectivity index (χ2n) is 6.34. The largest absolute Gasteiger partial charge is 0.444 e. The molecule has 0 aromatic heterocycles. The zero-order valence-electron chi connectivity index (χ0n) is 12.8. The molecule has 0 aliphatic carbocycles. The van der Waals surface area contributed by atoms with Crippen LogP contribution in [0, 0.1) is 12.4 Å². The predicted octanol–water partition coefficient (Wildman–Crippen LogP) is 4.40. The standard InChI is InChI=1S/C16H18F2N2O2/c1-16(2,3)22-15(21)20-9-12(18)8-14(20)10-5-11(17)7-13(6-10)19-4/h5-7,12,14H,8-9H2,1-3H3/t12-,14+/m0/s1. The van der Waals surface area contributed by atoms with Gasteiger partial charge in [0, 0.05) is 6.42 Å². The van der Waals surface area contributed by atoms with Crippen molar-refractivity contribution in [1.82, 2.24) is 4.90 Å². The van der Waals surface area contributed by atoms with E-state index in [-0.39, 0.29) is 18.7 Å². The van der Waals surface area contributed by atoms with E-state index >= 15 is 0 Å². The van der Waals surface area contributed by atoms with Crippen LogP contribution in [0.15, 0.2) is 18.2 Å². The fourth-order valence-corrected chi connectivity index (χ4v) is 2.48. The summed E-state index contributed by atoms with van der Waals surface area (Å²) in [5.41, 5.74) is -0.155. The molecule has 4 nitrogen and oxygen atoms in total. The lowest BCUT2D eigenvalue weighted by Gasteiger charge is -2.28. The summed E-state index contributed by atoms with van der Waals surface area (Å²) in [6, 6.07) is 3.20. The number of hydrogen-bond donors (Lipinski definition) is 0. The summed E-state index contributed by atoms with van der Waals surface area (Å²) in [5.74, 6) is -0.574. The third-order valence-electron chi connectivity index (χ3n) is 3.30. The molecule has 2 atom stereocenters. The number of carbonyl (C=O) groups excluding carboxylic acids is 1. The Morgan fingerprint density at radius 2 is 2.09 bits per heavy atom. The van der Waals surface area contributed by atoms with Gasteiger partial charge in [0.25, 0.3) is 0 Å². The van der Waals surface area contributed by atoms with Crippen molar-refractivity contribution in [3.63, 3.8) is 0 Å². The Labute approximate surface area is 128 Å². The molecule has 0 radical (unpaired) electrons. The van der Waals surface area contributed by atoms with Crippen molar-refractivity contribution in [2.75, 3.05) is 6.54 Å². The number of nitrogens with zero attached hydrogens (tertiary/aromatic N) is 2. The van der Waals surface area contributed by atoms with Crippen LogP contribution in [0.3, 0.4) is 0 Å². The number of amides is 1. The van der Waals surface area contributed by atoms with Gasteiger partial charge in [-0.25, -0.2) is 18.4 Å². The predicted molar refractivity (Wildman–Crippen MR) is 77.9 cm³/mol. The Morgan fingerprint density at radius 1 is 1.41 bits per heavy atom. The van der Waals surface area contributed by atoms with Gasteiger partial charge in [0.2, 0.25) is 0 Å². The van der Waals surface area contributed by atoms with Gasteiger partial charge in [0.15, 0.2) is 5.69 Å². The average molecular weight is 308 g/mol. The van der Waals surface area contributed by atoms with Crippen molar-refractivity contribution in [3.05, 3.63) is 41.0 Å². The van der Waals surface area contributed by atoms with Crippen LogP contribution in [0.1, 0.15) is 38.8 Å². The summed E-state index contributed by atoms with van der Waals surface area (Å²) in [6.07, 6.45) is -1.76. The van der Waals surface area contributed by atoms with Crippen molar-refractivity contribution in [1.29, 1.82) is 0 Å². The molecule has 1 saturated heterocycles. The van der Waals surface area contributed by atoms with Gasteiger partial charge in [-0.2, -0.15) is 0 Å². The Bertz CT molecular complexity index is 620. The van der Waals surface area contributed by atoms with E-state index in [2.05, 4.69) is 4.85 Å².